The third-order valence-corrected chi connectivity index (χ3v) is 3.62. The van der Waals surface area contributed by atoms with Gasteiger partial charge in [0.1, 0.15) is 0 Å². The summed E-state index contributed by atoms with van der Waals surface area (Å²) in [6.45, 7) is 10.5. The Morgan fingerprint density at radius 3 is 2.45 bits per heavy atom. The Balaban J connectivity index is 2.08. The summed E-state index contributed by atoms with van der Waals surface area (Å²) >= 11 is 0. The van der Waals surface area contributed by atoms with Gasteiger partial charge < -0.3 is 14.6 Å². The summed E-state index contributed by atoms with van der Waals surface area (Å²) in [5.41, 5.74) is 2.37. The highest BCUT2D eigenvalue weighted by Crippen LogP contribution is 2.30. The van der Waals surface area contributed by atoms with E-state index in [0.717, 1.165) is 24.3 Å². The molecule has 1 aliphatic rings. The van der Waals surface area contributed by atoms with Gasteiger partial charge in [0.2, 0.25) is 0 Å². The van der Waals surface area contributed by atoms with Crippen LogP contribution in [0.25, 0.3) is 11.1 Å². The number of H-pyrrole nitrogens is 1. The molecule has 0 saturated carbocycles. The molecule has 0 atom stereocenters. The van der Waals surface area contributed by atoms with E-state index >= 15 is 0 Å². The fourth-order valence-electron chi connectivity index (χ4n) is 3.38. The molecule has 108 valence electrons. The van der Waals surface area contributed by atoms with E-state index in [9.17, 15) is 4.79 Å². The van der Waals surface area contributed by atoms with Gasteiger partial charge in [-0.2, -0.15) is 0 Å². The molecular weight excluding hydrogens is 254 g/mol. The van der Waals surface area contributed by atoms with E-state index in [1.807, 2.05) is 18.2 Å². The molecule has 1 aromatic heterocycles. The topological polar surface area (TPSA) is 61.3 Å². The fourth-order valence-corrected chi connectivity index (χ4v) is 3.38. The molecule has 1 fully saturated rings. The number of rotatable bonds is 1. The van der Waals surface area contributed by atoms with Gasteiger partial charge in [-0.15, -0.1) is 0 Å². The Morgan fingerprint density at radius 1 is 1.15 bits per heavy atom. The Hall–Kier alpha value is -1.75. The lowest BCUT2D eigenvalue weighted by molar-refractivity contribution is 0.226. The van der Waals surface area contributed by atoms with Crippen molar-refractivity contribution in [3.63, 3.8) is 0 Å². The van der Waals surface area contributed by atoms with Crippen LogP contribution in [0.1, 0.15) is 27.7 Å². The van der Waals surface area contributed by atoms with Crippen molar-refractivity contribution in [2.45, 2.75) is 38.8 Å². The van der Waals surface area contributed by atoms with Crippen LogP contribution in [0.2, 0.25) is 0 Å². The minimum atomic E-state index is -0.402. The molecule has 2 N–H and O–H groups in total. The highest BCUT2D eigenvalue weighted by molar-refractivity contribution is 5.86. The number of piperazine rings is 1. The second-order valence-electron chi connectivity index (χ2n) is 6.92. The molecule has 0 aliphatic carbocycles. The highest BCUT2D eigenvalue weighted by atomic mass is 16.4. The van der Waals surface area contributed by atoms with Gasteiger partial charge in [0, 0.05) is 24.2 Å². The maximum Gasteiger partial charge on any atom is 0.417 e. The van der Waals surface area contributed by atoms with E-state index < -0.39 is 5.76 Å². The Morgan fingerprint density at radius 2 is 1.80 bits per heavy atom. The zero-order valence-electron chi connectivity index (χ0n) is 12.4. The molecule has 0 spiro atoms. The van der Waals surface area contributed by atoms with Gasteiger partial charge in [-0.25, -0.2) is 4.79 Å². The molecule has 0 unspecified atom stereocenters. The van der Waals surface area contributed by atoms with E-state index in [4.69, 9.17) is 4.42 Å². The van der Waals surface area contributed by atoms with Gasteiger partial charge >= 0.3 is 5.76 Å². The molecule has 1 aromatic carbocycles. The van der Waals surface area contributed by atoms with E-state index in [1.165, 1.54) is 0 Å². The standard InChI is InChI=1S/C15H21N3O2/c1-14(2)8-18(9-15(3,4)17-14)11-7-5-6-10-12(11)20-13(19)16-10/h5-7,17H,8-9H2,1-4H3,(H,16,19). The lowest BCUT2D eigenvalue weighted by Gasteiger charge is -2.49. The van der Waals surface area contributed by atoms with Gasteiger partial charge in [-0.1, -0.05) is 6.07 Å². The molecular formula is C15H21N3O2. The smallest absolute Gasteiger partial charge is 0.406 e. The van der Waals surface area contributed by atoms with Gasteiger partial charge in [-0.3, -0.25) is 4.98 Å². The van der Waals surface area contributed by atoms with Crippen LogP contribution in [0.15, 0.2) is 27.4 Å². The largest absolute Gasteiger partial charge is 0.417 e. The molecule has 20 heavy (non-hydrogen) atoms. The lowest BCUT2D eigenvalue weighted by Crippen LogP contribution is -2.67. The Labute approximate surface area is 118 Å². The second-order valence-corrected chi connectivity index (χ2v) is 6.92. The van der Waals surface area contributed by atoms with Crippen molar-refractivity contribution in [1.82, 2.24) is 10.3 Å². The predicted molar refractivity (Wildman–Crippen MR) is 80.3 cm³/mol. The fraction of sp³-hybridized carbons (Fsp3) is 0.533. The first-order valence-electron chi connectivity index (χ1n) is 6.92. The number of aromatic amines is 1. The summed E-state index contributed by atoms with van der Waals surface area (Å²) in [6, 6.07) is 5.82. The molecule has 0 bridgehead atoms. The monoisotopic (exact) mass is 275 g/mol. The number of para-hydroxylation sites is 1. The summed E-state index contributed by atoms with van der Waals surface area (Å²) in [6.07, 6.45) is 0. The van der Waals surface area contributed by atoms with Crippen LogP contribution in [-0.4, -0.2) is 29.2 Å². The van der Waals surface area contributed by atoms with Crippen molar-refractivity contribution in [3.8, 4) is 0 Å². The number of nitrogens with zero attached hydrogens (tertiary/aromatic N) is 1. The average Bonchev–Trinajstić information content (AvgIpc) is 2.64. The van der Waals surface area contributed by atoms with E-state index in [1.54, 1.807) is 0 Å². The van der Waals surface area contributed by atoms with Crippen LogP contribution < -0.4 is 16.0 Å². The predicted octanol–water partition coefficient (Wildman–Crippen LogP) is 2.09. The molecule has 1 saturated heterocycles. The molecule has 5 nitrogen and oxygen atoms in total. The van der Waals surface area contributed by atoms with Crippen molar-refractivity contribution in [3.05, 3.63) is 28.7 Å². The van der Waals surface area contributed by atoms with E-state index in [-0.39, 0.29) is 11.1 Å². The number of nitrogens with one attached hydrogen (secondary N) is 2. The van der Waals surface area contributed by atoms with Crippen LogP contribution in [0.4, 0.5) is 5.69 Å². The number of aromatic nitrogens is 1. The minimum Gasteiger partial charge on any atom is -0.406 e. The van der Waals surface area contributed by atoms with Gasteiger partial charge in [0.25, 0.3) is 0 Å². The number of hydrogen-bond acceptors (Lipinski definition) is 4. The minimum absolute atomic E-state index is 0.000512. The van der Waals surface area contributed by atoms with E-state index in [2.05, 4.69) is 42.9 Å². The molecule has 0 radical (unpaired) electrons. The first-order chi connectivity index (χ1) is 9.26. The van der Waals surface area contributed by atoms with Crippen LogP contribution in [0, 0.1) is 0 Å². The number of anilines is 1. The summed E-state index contributed by atoms with van der Waals surface area (Å²) in [7, 11) is 0. The van der Waals surface area contributed by atoms with Crippen LogP contribution in [0.3, 0.4) is 0 Å². The lowest BCUT2D eigenvalue weighted by atomic mass is 9.91. The third-order valence-electron chi connectivity index (χ3n) is 3.62. The molecule has 3 rings (SSSR count). The summed E-state index contributed by atoms with van der Waals surface area (Å²) in [5, 5.41) is 3.64. The van der Waals surface area contributed by atoms with Gasteiger partial charge in [0.05, 0.1) is 11.2 Å². The summed E-state index contributed by atoms with van der Waals surface area (Å²) < 4.78 is 5.32. The van der Waals surface area contributed by atoms with Crippen molar-refractivity contribution in [2.24, 2.45) is 0 Å². The second kappa shape index (κ2) is 4.12. The molecule has 2 heterocycles. The molecule has 0 amide bonds. The zero-order valence-corrected chi connectivity index (χ0v) is 12.4. The zero-order chi connectivity index (χ0) is 14.5. The number of benzene rings is 1. The van der Waals surface area contributed by atoms with Crippen molar-refractivity contribution >= 4 is 16.8 Å². The number of fused-ring (bicyclic) bond motifs is 1. The average molecular weight is 275 g/mol. The van der Waals surface area contributed by atoms with Crippen LogP contribution >= 0.6 is 0 Å². The number of hydrogen-bond donors (Lipinski definition) is 2. The van der Waals surface area contributed by atoms with Crippen LogP contribution in [0.5, 0.6) is 0 Å². The van der Waals surface area contributed by atoms with Crippen molar-refractivity contribution in [2.75, 3.05) is 18.0 Å². The Bertz CT molecular complexity index is 680. The van der Waals surface area contributed by atoms with E-state index in [0.29, 0.717) is 5.58 Å². The first-order valence-corrected chi connectivity index (χ1v) is 6.92. The molecule has 5 heteroatoms. The SMILES string of the molecule is CC1(C)CN(c2cccc3[nH]c(=O)oc23)CC(C)(C)N1. The summed E-state index contributed by atoms with van der Waals surface area (Å²) in [5.74, 6) is -0.402. The highest BCUT2D eigenvalue weighted by Gasteiger charge is 2.37. The number of oxazole rings is 1. The Kier molecular flexibility index (Phi) is 2.73. The summed E-state index contributed by atoms with van der Waals surface area (Å²) in [4.78, 5) is 16.4. The third kappa shape index (κ3) is 2.33. The molecule has 1 aliphatic heterocycles. The first kappa shape index (κ1) is 13.2. The van der Waals surface area contributed by atoms with Crippen LogP contribution in [-0.2, 0) is 0 Å². The van der Waals surface area contributed by atoms with Gasteiger partial charge in [0.15, 0.2) is 5.58 Å². The maximum atomic E-state index is 11.4. The normalized spacial score (nSPS) is 21.3. The molecule has 2 aromatic rings. The van der Waals surface area contributed by atoms with Gasteiger partial charge in [-0.05, 0) is 39.8 Å². The quantitative estimate of drug-likeness (QED) is 0.836. The maximum absolute atomic E-state index is 11.4. The van der Waals surface area contributed by atoms with Crippen molar-refractivity contribution < 1.29 is 4.42 Å². The van der Waals surface area contributed by atoms with Crippen molar-refractivity contribution in [1.29, 1.82) is 0 Å².